The number of aromatic nitrogens is 3. The number of hydrogen-bond acceptors (Lipinski definition) is 5. The Bertz CT molecular complexity index is 670. The molecule has 0 bridgehead atoms. The van der Waals surface area contributed by atoms with E-state index in [9.17, 15) is 4.79 Å². The average Bonchev–Trinajstić information content (AvgIpc) is 3.16. The van der Waals surface area contributed by atoms with Crippen LogP contribution in [0.1, 0.15) is 23.3 Å². The standard InChI is InChI=1S/C17H23N5O2.2ClH/c1-24-13-17(4-8-18-9-5-17)12-20-16(23)15-11-14(3-7-19-15)22-10-2-6-21-22;;/h2-3,6-7,10-11,18H,4-5,8-9,12-13H2,1H3,(H,20,23);2*1H. The van der Waals surface area contributed by atoms with Crippen LogP contribution in [0.15, 0.2) is 36.8 Å². The minimum absolute atomic E-state index is 0. The number of piperidine rings is 1. The monoisotopic (exact) mass is 401 g/mol. The van der Waals surface area contributed by atoms with Crippen LogP contribution in [-0.2, 0) is 4.74 Å². The number of hydrogen-bond donors (Lipinski definition) is 2. The van der Waals surface area contributed by atoms with Crippen LogP contribution in [0, 0.1) is 5.41 Å². The second-order valence-corrected chi connectivity index (χ2v) is 6.22. The van der Waals surface area contributed by atoms with E-state index in [-0.39, 0.29) is 36.1 Å². The molecule has 1 aliphatic heterocycles. The molecule has 2 N–H and O–H groups in total. The summed E-state index contributed by atoms with van der Waals surface area (Å²) in [5.74, 6) is -0.169. The van der Waals surface area contributed by atoms with Crippen molar-refractivity contribution < 1.29 is 9.53 Å². The SMILES string of the molecule is COCC1(CNC(=O)c2cc(-n3cccn3)ccn2)CCNCC1.Cl.Cl. The van der Waals surface area contributed by atoms with Crippen molar-refractivity contribution in [2.45, 2.75) is 12.8 Å². The third-order valence-electron chi connectivity index (χ3n) is 4.48. The second-order valence-electron chi connectivity index (χ2n) is 6.22. The van der Waals surface area contributed by atoms with E-state index in [1.807, 2.05) is 18.3 Å². The molecule has 0 saturated carbocycles. The number of amides is 1. The molecule has 0 aliphatic carbocycles. The highest BCUT2D eigenvalue weighted by molar-refractivity contribution is 5.92. The number of rotatable bonds is 6. The van der Waals surface area contributed by atoms with Gasteiger partial charge in [-0.15, -0.1) is 24.8 Å². The molecule has 1 saturated heterocycles. The van der Waals surface area contributed by atoms with Crippen LogP contribution in [0.2, 0.25) is 0 Å². The van der Waals surface area contributed by atoms with E-state index < -0.39 is 0 Å². The lowest BCUT2D eigenvalue weighted by molar-refractivity contribution is 0.0510. The summed E-state index contributed by atoms with van der Waals surface area (Å²) in [6, 6.07) is 5.41. The second kappa shape index (κ2) is 10.5. The Morgan fingerprint density at radius 1 is 1.35 bits per heavy atom. The number of pyridine rings is 1. The number of nitrogens with one attached hydrogen (secondary N) is 2. The molecule has 1 aliphatic rings. The maximum atomic E-state index is 12.5. The summed E-state index contributed by atoms with van der Waals surface area (Å²) in [7, 11) is 1.71. The minimum Gasteiger partial charge on any atom is -0.384 e. The van der Waals surface area contributed by atoms with E-state index in [1.165, 1.54) is 0 Å². The van der Waals surface area contributed by atoms with Gasteiger partial charge < -0.3 is 15.4 Å². The number of carbonyl (C=O) groups is 1. The molecule has 1 fully saturated rings. The molecule has 0 atom stereocenters. The van der Waals surface area contributed by atoms with Crippen molar-refractivity contribution in [3.05, 3.63) is 42.5 Å². The Hall–Kier alpha value is -1.67. The minimum atomic E-state index is -0.169. The first-order valence-electron chi connectivity index (χ1n) is 8.16. The predicted octanol–water partition coefficient (Wildman–Crippen LogP) is 1.86. The van der Waals surface area contributed by atoms with Gasteiger partial charge in [0.1, 0.15) is 5.69 Å². The molecule has 9 heteroatoms. The number of halogens is 2. The highest BCUT2D eigenvalue weighted by Crippen LogP contribution is 2.28. The number of ether oxygens (including phenoxy) is 1. The summed E-state index contributed by atoms with van der Waals surface area (Å²) >= 11 is 0. The zero-order valence-electron chi connectivity index (χ0n) is 14.7. The molecular weight excluding hydrogens is 377 g/mol. The van der Waals surface area contributed by atoms with Crippen molar-refractivity contribution in [2.24, 2.45) is 5.41 Å². The number of carbonyl (C=O) groups excluding carboxylic acids is 1. The molecule has 0 spiro atoms. The van der Waals surface area contributed by atoms with Crippen LogP contribution in [0.4, 0.5) is 0 Å². The first-order chi connectivity index (χ1) is 11.7. The third kappa shape index (κ3) is 5.41. The van der Waals surface area contributed by atoms with Gasteiger partial charge in [0, 0.05) is 37.7 Å². The molecule has 0 aromatic carbocycles. The van der Waals surface area contributed by atoms with Crippen molar-refractivity contribution in [1.29, 1.82) is 0 Å². The molecule has 0 radical (unpaired) electrons. The van der Waals surface area contributed by atoms with E-state index in [2.05, 4.69) is 20.7 Å². The van der Waals surface area contributed by atoms with Crippen molar-refractivity contribution in [3.8, 4) is 5.69 Å². The van der Waals surface area contributed by atoms with Crippen LogP contribution in [-0.4, -0.2) is 54.0 Å². The Balaban J connectivity index is 0.00000169. The van der Waals surface area contributed by atoms with Crippen LogP contribution in [0.25, 0.3) is 5.69 Å². The first-order valence-corrected chi connectivity index (χ1v) is 8.16. The van der Waals surface area contributed by atoms with E-state index in [0.717, 1.165) is 31.6 Å². The maximum absolute atomic E-state index is 12.5. The lowest BCUT2D eigenvalue weighted by Gasteiger charge is -2.37. The molecule has 26 heavy (non-hydrogen) atoms. The zero-order chi connectivity index (χ0) is 16.8. The summed E-state index contributed by atoms with van der Waals surface area (Å²) in [6.45, 7) is 3.14. The van der Waals surface area contributed by atoms with Crippen molar-refractivity contribution >= 4 is 30.7 Å². The fraction of sp³-hybridized carbons (Fsp3) is 0.471. The highest BCUT2D eigenvalue weighted by Gasteiger charge is 2.32. The van der Waals surface area contributed by atoms with E-state index in [1.54, 1.807) is 30.3 Å². The van der Waals surface area contributed by atoms with Crippen LogP contribution in [0.5, 0.6) is 0 Å². The normalized spacial score (nSPS) is 15.4. The quantitative estimate of drug-likeness (QED) is 0.771. The molecule has 1 amide bonds. The first kappa shape index (κ1) is 22.4. The van der Waals surface area contributed by atoms with E-state index in [4.69, 9.17) is 4.74 Å². The van der Waals surface area contributed by atoms with Crippen LogP contribution >= 0.6 is 24.8 Å². The molecule has 2 aromatic rings. The fourth-order valence-electron chi connectivity index (χ4n) is 3.10. The van der Waals surface area contributed by atoms with Gasteiger partial charge in [0.05, 0.1) is 12.3 Å². The smallest absolute Gasteiger partial charge is 0.269 e. The molecule has 2 aromatic heterocycles. The predicted molar refractivity (Wildman–Crippen MR) is 105 cm³/mol. The summed E-state index contributed by atoms with van der Waals surface area (Å²) in [5.41, 5.74) is 1.20. The number of methoxy groups -OCH3 is 1. The maximum Gasteiger partial charge on any atom is 0.269 e. The fourth-order valence-corrected chi connectivity index (χ4v) is 3.10. The van der Waals surface area contributed by atoms with Crippen molar-refractivity contribution in [3.63, 3.8) is 0 Å². The average molecular weight is 402 g/mol. The lowest BCUT2D eigenvalue weighted by atomic mass is 9.79. The molecule has 7 nitrogen and oxygen atoms in total. The molecule has 3 rings (SSSR count). The topological polar surface area (TPSA) is 81.1 Å². The molecule has 3 heterocycles. The van der Waals surface area contributed by atoms with Gasteiger partial charge >= 0.3 is 0 Å². The van der Waals surface area contributed by atoms with Gasteiger partial charge in [-0.3, -0.25) is 9.78 Å². The summed E-state index contributed by atoms with van der Waals surface area (Å²) < 4.78 is 7.09. The molecule has 0 unspecified atom stereocenters. The molecule has 144 valence electrons. The summed E-state index contributed by atoms with van der Waals surface area (Å²) in [5, 5.41) is 10.6. The Labute approximate surface area is 165 Å². The zero-order valence-corrected chi connectivity index (χ0v) is 16.3. The van der Waals surface area contributed by atoms with E-state index in [0.29, 0.717) is 18.8 Å². The van der Waals surface area contributed by atoms with Crippen LogP contribution < -0.4 is 10.6 Å². The van der Waals surface area contributed by atoms with Gasteiger partial charge in [0.15, 0.2) is 0 Å². The van der Waals surface area contributed by atoms with Gasteiger partial charge in [-0.05, 0) is 44.1 Å². The van der Waals surface area contributed by atoms with Crippen LogP contribution in [0.3, 0.4) is 0 Å². The Morgan fingerprint density at radius 2 is 2.12 bits per heavy atom. The van der Waals surface area contributed by atoms with Crippen molar-refractivity contribution in [1.82, 2.24) is 25.4 Å². The molecular formula is C17H25Cl2N5O2. The lowest BCUT2D eigenvalue weighted by Crippen LogP contribution is -2.47. The summed E-state index contributed by atoms with van der Waals surface area (Å²) in [6.07, 6.45) is 7.14. The van der Waals surface area contributed by atoms with Gasteiger partial charge in [-0.2, -0.15) is 5.10 Å². The Kier molecular flexibility index (Phi) is 9.01. The summed E-state index contributed by atoms with van der Waals surface area (Å²) in [4.78, 5) is 16.7. The number of nitrogens with zero attached hydrogens (tertiary/aromatic N) is 3. The largest absolute Gasteiger partial charge is 0.384 e. The van der Waals surface area contributed by atoms with Gasteiger partial charge in [-0.25, -0.2) is 4.68 Å². The third-order valence-corrected chi connectivity index (χ3v) is 4.48. The Morgan fingerprint density at radius 3 is 2.77 bits per heavy atom. The van der Waals surface area contributed by atoms with Gasteiger partial charge in [-0.1, -0.05) is 0 Å². The van der Waals surface area contributed by atoms with Gasteiger partial charge in [0.2, 0.25) is 0 Å². The van der Waals surface area contributed by atoms with Crippen molar-refractivity contribution in [2.75, 3.05) is 33.4 Å². The van der Waals surface area contributed by atoms with E-state index >= 15 is 0 Å². The van der Waals surface area contributed by atoms with Gasteiger partial charge in [0.25, 0.3) is 5.91 Å². The highest BCUT2D eigenvalue weighted by atomic mass is 35.5.